The zero-order valence-electron chi connectivity index (χ0n) is 16.2. The van der Waals surface area contributed by atoms with Gasteiger partial charge in [0.15, 0.2) is 0 Å². The molecule has 0 aliphatic carbocycles. The molecule has 0 radical (unpaired) electrons. The Morgan fingerprint density at radius 3 is 1.21 bits per heavy atom. The van der Waals surface area contributed by atoms with Crippen LogP contribution in [0.25, 0.3) is 0 Å². The number of para-hydroxylation sites is 2. The van der Waals surface area contributed by atoms with Crippen LogP contribution in [0.1, 0.15) is 34.6 Å². The van der Waals surface area contributed by atoms with Gasteiger partial charge in [-0.2, -0.15) is 0 Å². The van der Waals surface area contributed by atoms with Gasteiger partial charge in [-0.15, -0.1) is 0 Å². The Labute approximate surface area is 166 Å². The summed E-state index contributed by atoms with van der Waals surface area (Å²) in [5, 5.41) is 0. The molecular weight excluding hydrogens is 348 g/mol. The molecule has 2 amide bonds. The molecule has 0 N–H and O–H groups in total. The highest BCUT2D eigenvalue weighted by Crippen LogP contribution is 2.22. The average molecular weight is 372 g/mol. The van der Waals surface area contributed by atoms with Gasteiger partial charge in [-0.05, 0) is 50.2 Å². The minimum Gasteiger partial charge on any atom is -0.309 e. The lowest BCUT2D eigenvalue weighted by atomic mass is 10.0. The maximum absolute atomic E-state index is 13.3. The lowest BCUT2D eigenvalue weighted by molar-refractivity contribution is 0.0955. The van der Waals surface area contributed by atoms with Crippen LogP contribution in [-0.2, 0) is 0 Å². The lowest BCUT2D eigenvalue weighted by Gasteiger charge is -2.25. The SMILES string of the molecule is CCN(C(=O)c1ccccc1C(=O)N(CC)c1ccccc1)c1ccccc1. The van der Waals surface area contributed by atoms with E-state index < -0.39 is 0 Å². The fourth-order valence-electron chi connectivity index (χ4n) is 3.25. The van der Waals surface area contributed by atoms with Crippen LogP contribution in [0.15, 0.2) is 84.9 Å². The molecule has 0 bridgehead atoms. The van der Waals surface area contributed by atoms with E-state index in [0.717, 1.165) is 11.4 Å². The third-order valence-electron chi connectivity index (χ3n) is 4.65. The Morgan fingerprint density at radius 1 is 0.571 bits per heavy atom. The van der Waals surface area contributed by atoms with Crippen molar-refractivity contribution in [2.24, 2.45) is 0 Å². The third-order valence-corrected chi connectivity index (χ3v) is 4.65. The van der Waals surface area contributed by atoms with Crippen LogP contribution >= 0.6 is 0 Å². The van der Waals surface area contributed by atoms with E-state index in [-0.39, 0.29) is 11.8 Å². The second-order valence-electron chi connectivity index (χ2n) is 6.32. The molecular formula is C24H24N2O2. The monoisotopic (exact) mass is 372 g/mol. The van der Waals surface area contributed by atoms with E-state index >= 15 is 0 Å². The van der Waals surface area contributed by atoms with Crippen LogP contribution in [0.4, 0.5) is 11.4 Å². The highest BCUT2D eigenvalue weighted by molar-refractivity contribution is 6.16. The summed E-state index contributed by atoms with van der Waals surface area (Å²) in [7, 11) is 0. The second-order valence-corrected chi connectivity index (χ2v) is 6.32. The van der Waals surface area contributed by atoms with Gasteiger partial charge in [0.2, 0.25) is 0 Å². The highest BCUT2D eigenvalue weighted by atomic mass is 16.2. The first-order valence-electron chi connectivity index (χ1n) is 9.50. The number of hydrogen-bond acceptors (Lipinski definition) is 2. The number of carbonyl (C=O) groups excluding carboxylic acids is 2. The van der Waals surface area contributed by atoms with Crippen molar-refractivity contribution < 1.29 is 9.59 Å². The summed E-state index contributed by atoms with van der Waals surface area (Å²) < 4.78 is 0. The van der Waals surface area contributed by atoms with Gasteiger partial charge in [-0.1, -0.05) is 48.5 Å². The number of amides is 2. The van der Waals surface area contributed by atoms with Crippen molar-refractivity contribution in [3.63, 3.8) is 0 Å². The number of hydrogen-bond donors (Lipinski definition) is 0. The van der Waals surface area contributed by atoms with Crippen LogP contribution < -0.4 is 9.80 Å². The molecule has 4 heteroatoms. The molecule has 0 aliphatic heterocycles. The summed E-state index contributed by atoms with van der Waals surface area (Å²) >= 11 is 0. The molecule has 0 unspecified atom stereocenters. The minimum atomic E-state index is -0.179. The van der Waals surface area contributed by atoms with Gasteiger partial charge in [0, 0.05) is 24.5 Å². The van der Waals surface area contributed by atoms with Gasteiger partial charge < -0.3 is 9.80 Å². The van der Waals surface area contributed by atoms with Gasteiger partial charge in [0.25, 0.3) is 11.8 Å². The average Bonchev–Trinajstić information content (AvgIpc) is 2.76. The number of benzene rings is 3. The number of rotatable bonds is 6. The van der Waals surface area contributed by atoms with E-state index in [9.17, 15) is 9.59 Å². The molecule has 0 aliphatic rings. The molecule has 0 heterocycles. The number of anilines is 2. The molecule has 0 saturated carbocycles. The molecule has 28 heavy (non-hydrogen) atoms. The predicted octanol–water partition coefficient (Wildman–Crippen LogP) is 5.02. The molecule has 0 spiro atoms. The molecule has 142 valence electrons. The first-order valence-corrected chi connectivity index (χ1v) is 9.50. The van der Waals surface area contributed by atoms with Gasteiger partial charge in [-0.25, -0.2) is 0 Å². The van der Waals surface area contributed by atoms with E-state index in [1.54, 1.807) is 34.1 Å². The Morgan fingerprint density at radius 2 is 0.893 bits per heavy atom. The Kier molecular flexibility index (Phi) is 6.22. The van der Waals surface area contributed by atoms with Crippen molar-refractivity contribution in [1.29, 1.82) is 0 Å². The topological polar surface area (TPSA) is 40.6 Å². The molecule has 0 atom stereocenters. The third kappa shape index (κ3) is 3.96. The Bertz CT molecular complexity index is 861. The van der Waals surface area contributed by atoms with Gasteiger partial charge >= 0.3 is 0 Å². The zero-order valence-corrected chi connectivity index (χ0v) is 16.2. The summed E-state index contributed by atoms with van der Waals surface area (Å²) in [5.41, 5.74) is 2.44. The van der Waals surface area contributed by atoms with Crippen LogP contribution in [0, 0.1) is 0 Å². The first kappa shape index (κ1) is 19.4. The molecule has 0 aromatic heterocycles. The lowest BCUT2D eigenvalue weighted by Crippen LogP contribution is -2.35. The maximum atomic E-state index is 13.3. The largest absolute Gasteiger partial charge is 0.309 e. The van der Waals surface area contributed by atoms with Gasteiger partial charge in [0.1, 0.15) is 0 Å². The number of carbonyl (C=O) groups is 2. The summed E-state index contributed by atoms with van der Waals surface area (Å²) in [5.74, 6) is -0.358. The molecule has 3 aromatic carbocycles. The van der Waals surface area contributed by atoms with E-state index in [2.05, 4.69) is 0 Å². The van der Waals surface area contributed by atoms with E-state index in [1.807, 2.05) is 74.5 Å². The second kappa shape index (κ2) is 9.00. The van der Waals surface area contributed by atoms with Crippen LogP contribution in [-0.4, -0.2) is 24.9 Å². The Balaban J connectivity index is 1.98. The normalized spacial score (nSPS) is 10.4. The van der Waals surface area contributed by atoms with Crippen LogP contribution in [0.5, 0.6) is 0 Å². The van der Waals surface area contributed by atoms with Crippen molar-refractivity contribution in [1.82, 2.24) is 0 Å². The van der Waals surface area contributed by atoms with Crippen molar-refractivity contribution in [3.8, 4) is 0 Å². The van der Waals surface area contributed by atoms with E-state index in [4.69, 9.17) is 0 Å². The molecule has 4 nitrogen and oxygen atoms in total. The van der Waals surface area contributed by atoms with Crippen molar-refractivity contribution in [2.75, 3.05) is 22.9 Å². The van der Waals surface area contributed by atoms with Crippen LogP contribution in [0.3, 0.4) is 0 Å². The minimum absolute atomic E-state index is 0.179. The summed E-state index contributed by atoms with van der Waals surface area (Å²) in [6.45, 7) is 4.89. The fourth-order valence-corrected chi connectivity index (χ4v) is 3.25. The standard InChI is InChI=1S/C24H24N2O2/c1-3-25(19-13-7-5-8-14-19)23(27)21-17-11-12-18-22(21)24(28)26(4-2)20-15-9-6-10-16-20/h5-18H,3-4H2,1-2H3. The van der Waals surface area contributed by atoms with Crippen LogP contribution in [0.2, 0.25) is 0 Å². The fraction of sp³-hybridized carbons (Fsp3) is 0.167. The van der Waals surface area contributed by atoms with Gasteiger partial charge in [0.05, 0.1) is 11.1 Å². The van der Waals surface area contributed by atoms with E-state index in [1.165, 1.54) is 0 Å². The molecule has 3 aromatic rings. The summed E-state index contributed by atoms with van der Waals surface area (Å²) in [4.78, 5) is 30.0. The smallest absolute Gasteiger partial charge is 0.259 e. The maximum Gasteiger partial charge on any atom is 0.259 e. The highest BCUT2D eigenvalue weighted by Gasteiger charge is 2.25. The zero-order chi connectivity index (χ0) is 19.9. The van der Waals surface area contributed by atoms with Crippen molar-refractivity contribution in [2.45, 2.75) is 13.8 Å². The van der Waals surface area contributed by atoms with E-state index in [0.29, 0.717) is 24.2 Å². The predicted molar refractivity (Wildman–Crippen MR) is 114 cm³/mol. The van der Waals surface area contributed by atoms with Crippen molar-refractivity contribution in [3.05, 3.63) is 96.1 Å². The molecule has 0 saturated heterocycles. The molecule has 3 rings (SSSR count). The summed E-state index contributed by atoms with van der Waals surface area (Å²) in [6.07, 6.45) is 0. The molecule has 0 fully saturated rings. The van der Waals surface area contributed by atoms with Crippen molar-refractivity contribution >= 4 is 23.2 Å². The Hall–Kier alpha value is -3.40. The quantitative estimate of drug-likeness (QED) is 0.609. The van der Waals surface area contributed by atoms with Gasteiger partial charge in [-0.3, -0.25) is 9.59 Å². The first-order chi connectivity index (χ1) is 13.7. The summed E-state index contributed by atoms with van der Waals surface area (Å²) in [6, 6.07) is 26.0. The number of nitrogens with zero attached hydrogens (tertiary/aromatic N) is 2.